The standard InChI is InChI=1S/C28H20Cl2N2O6S/c1-3-37-27(36)23-14(2)31-28-32(24(23)15-4-7-17(29)8-5-15)25(33)22(39-28)13-18-9-11-21(38-18)19-12-16(26(34)35)6-10-20(19)30/h4-13,24H,3H2,1-2H3,(H,34,35)/b22-13-/t24-/m1/s1. The van der Waals surface area contributed by atoms with Gasteiger partial charge in [-0.05, 0) is 61.9 Å². The molecule has 0 saturated carbocycles. The van der Waals surface area contributed by atoms with E-state index in [1.165, 1.54) is 22.8 Å². The van der Waals surface area contributed by atoms with E-state index in [0.29, 0.717) is 47.7 Å². The minimum absolute atomic E-state index is 0.0654. The Morgan fingerprint density at radius 1 is 1.15 bits per heavy atom. The van der Waals surface area contributed by atoms with Gasteiger partial charge in [-0.2, -0.15) is 0 Å². The lowest BCUT2D eigenvalue weighted by molar-refractivity contribution is -0.139. The van der Waals surface area contributed by atoms with Crippen molar-refractivity contribution in [2.24, 2.45) is 4.99 Å². The van der Waals surface area contributed by atoms with Crippen LogP contribution < -0.4 is 14.9 Å². The number of esters is 1. The molecule has 198 valence electrons. The number of thiazole rings is 1. The summed E-state index contributed by atoms with van der Waals surface area (Å²) in [6.07, 6.45) is 1.57. The quantitative estimate of drug-likeness (QED) is 0.318. The number of carbonyl (C=O) groups is 2. The maximum absolute atomic E-state index is 13.7. The SMILES string of the molecule is CCOC(=O)C1=C(C)N=c2s/c(=C\c3ccc(-c4cc(C(=O)O)ccc4Cl)o3)c(=O)n2[C@@H]1c1ccc(Cl)cc1. The van der Waals surface area contributed by atoms with Crippen LogP contribution >= 0.6 is 34.5 Å². The van der Waals surface area contributed by atoms with Gasteiger partial charge in [0.15, 0.2) is 4.80 Å². The number of aromatic nitrogens is 1. The molecule has 0 spiro atoms. The van der Waals surface area contributed by atoms with Gasteiger partial charge < -0.3 is 14.3 Å². The molecule has 1 N–H and O–H groups in total. The van der Waals surface area contributed by atoms with E-state index >= 15 is 0 Å². The van der Waals surface area contributed by atoms with Gasteiger partial charge in [-0.1, -0.05) is 46.7 Å². The lowest BCUT2D eigenvalue weighted by Gasteiger charge is -2.24. The number of carboxylic acid groups (broad SMARTS) is 1. The third kappa shape index (κ3) is 5.08. The average molecular weight is 583 g/mol. The van der Waals surface area contributed by atoms with Crippen LogP contribution in [0.2, 0.25) is 10.0 Å². The fourth-order valence-corrected chi connectivity index (χ4v) is 5.67. The summed E-state index contributed by atoms with van der Waals surface area (Å²) in [7, 11) is 0. The second-order valence-corrected chi connectivity index (χ2v) is 10.4. The molecule has 0 saturated heterocycles. The van der Waals surface area contributed by atoms with Crippen LogP contribution in [0, 0.1) is 0 Å². The van der Waals surface area contributed by atoms with E-state index < -0.39 is 18.0 Å². The van der Waals surface area contributed by atoms with Gasteiger partial charge in [0.25, 0.3) is 5.56 Å². The highest BCUT2D eigenvalue weighted by Crippen LogP contribution is 2.32. The minimum Gasteiger partial charge on any atom is -0.478 e. The monoisotopic (exact) mass is 582 g/mol. The lowest BCUT2D eigenvalue weighted by atomic mass is 9.96. The molecule has 0 unspecified atom stereocenters. The number of halogens is 2. The molecule has 11 heteroatoms. The molecule has 2 aromatic carbocycles. The second kappa shape index (κ2) is 10.7. The lowest BCUT2D eigenvalue weighted by Crippen LogP contribution is -2.39. The third-order valence-corrected chi connectivity index (χ3v) is 7.65. The molecular formula is C28H20Cl2N2O6S. The molecule has 8 nitrogen and oxygen atoms in total. The number of fused-ring (bicyclic) bond motifs is 1. The summed E-state index contributed by atoms with van der Waals surface area (Å²) in [4.78, 5) is 43.0. The molecule has 0 amide bonds. The first-order chi connectivity index (χ1) is 18.7. The van der Waals surface area contributed by atoms with E-state index in [9.17, 15) is 19.5 Å². The fourth-order valence-electron chi connectivity index (χ4n) is 4.30. The van der Waals surface area contributed by atoms with Crippen molar-refractivity contribution >= 4 is 52.6 Å². The summed E-state index contributed by atoms with van der Waals surface area (Å²) in [5, 5.41) is 10.2. The number of furan rings is 1. The Bertz CT molecular complexity index is 1830. The van der Waals surface area contributed by atoms with Gasteiger partial charge in [0.05, 0.1) is 39.0 Å². The number of carbonyl (C=O) groups excluding carboxylic acids is 1. The summed E-state index contributed by atoms with van der Waals surface area (Å²) >= 11 is 13.5. The van der Waals surface area contributed by atoms with Crippen LogP contribution in [-0.2, 0) is 9.53 Å². The first-order valence-electron chi connectivity index (χ1n) is 11.8. The molecule has 4 aromatic rings. The van der Waals surface area contributed by atoms with Crippen LogP contribution in [0.5, 0.6) is 0 Å². The van der Waals surface area contributed by atoms with Crippen molar-refractivity contribution in [2.45, 2.75) is 19.9 Å². The Labute approximate surface area is 235 Å². The van der Waals surface area contributed by atoms with Gasteiger partial charge >= 0.3 is 11.9 Å². The Kier molecular flexibility index (Phi) is 7.31. The van der Waals surface area contributed by atoms with E-state index in [0.717, 1.165) is 11.3 Å². The smallest absolute Gasteiger partial charge is 0.338 e. The van der Waals surface area contributed by atoms with Crippen LogP contribution in [0.1, 0.15) is 41.6 Å². The van der Waals surface area contributed by atoms with Gasteiger partial charge in [0.1, 0.15) is 11.5 Å². The Hall–Kier alpha value is -3.92. The predicted molar refractivity (Wildman–Crippen MR) is 148 cm³/mol. The maximum Gasteiger partial charge on any atom is 0.338 e. The molecular weight excluding hydrogens is 563 g/mol. The molecule has 0 radical (unpaired) electrons. The minimum atomic E-state index is -1.09. The highest BCUT2D eigenvalue weighted by Gasteiger charge is 2.33. The maximum atomic E-state index is 13.7. The van der Waals surface area contributed by atoms with Crippen molar-refractivity contribution in [2.75, 3.05) is 6.61 Å². The topological polar surface area (TPSA) is 111 Å². The summed E-state index contributed by atoms with van der Waals surface area (Å²) < 4.78 is 13.0. The molecule has 1 atom stereocenters. The molecule has 3 heterocycles. The van der Waals surface area contributed by atoms with Crippen molar-refractivity contribution in [1.29, 1.82) is 0 Å². The van der Waals surface area contributed by atoms with Gasteiger partial charge in [-0.3, -0.25) is 9.36 Å². The van der Waals surface area contributed by atoms with Gasteiger partial charge in [0, 0.05) is 16.7 Å². The van der Waals surface area contributed by atoms with Crippen molar-refractivity contribution in [3.05, 3.63) is 112 Å². The zero-order valence-corrected chi connectivity index (χ0v) is 22.9. The van der Waals surface area contributed by atoms with Crippen LogP contribution in [0.25, 0.3) is 17.4 Å². The molecule has 1 aliphatic heterocycles. The zero-order chi connectivity index (χ0) is 27.8. The molecule has 0 aliphatic carbocycles. The number of nitrogens with zero attached hydrogens (tertiary/aromatic N) is 2. The summed E-state index contributed by atoms with van der Waals surface area (Å²) in [5.41, 5.74) is 1.51. The highest BCUT2D eigenvalue weighted by molar-refractivity contribution is 7.07. The summed E-state index contributed by atoms with van der Waals surface area (Å²) in [6, 6.07) is 13.8. The van der Waals surface area contributed by atoms with Crippen molar-refractivity contribution in [1.82, 2.24) is 4.57 Å². The number of allylic oxidation sites excluding steroid dienone is 1. The number of benzene rings is 2. The molecule has 0 bridgehead atoms. The van der Waals surface area contributed by atoms with Crippen molar-refractivity contribution < 1.29 is 23.8 Å². The Balaban J connectivity index is 1.62. The molecule has 39 heavy (non-hydrogen) atoms. The van der Waals surface area contributed by atoms with Crippen LogP contribution in [0.4, 0.5) is 0 Å². The third-order valence-electron chi connectivity index (χ3n) is 6.08. The fraction of sp³-hybridized carbons (Fsp3) is 0.143. The van der Waals surface area contributed by atoms with Crippen molar-refractivity contribution in [3.8, 4) is 11.3 Å². The normalized spacial score (nSPS) is 15.2. The van der Waals surface area contributed by atoms with E-state index in [2.05, 4.69) is 4.99 Å². The second-order valence-electron chi connectivity index (χ2n) is 8.56. The number of hydrogen-bond acceptors (Lipinski definition) is 7. The highest BCUT2D eigenvalue weighted by atomic mass is 35.5. The van der Waals surface area contributed by atoms with Crippen LogP contribution in [-0.4, -0.2) is 28.2 Å². The van der Waals surface area contributed by atoms with Gasteiger partial charge in [-0.15, -0.1) is 0 Å². The molecule has 2 aromatic heterocycles. The van der Waals surface area contributed by atoms with Gasteiger partial charge in [-0.25, -0.2) is 14.6 Å². The summed E-state index contributed by atoms with van der Waals surface area (Å²) in [6.45, 7) is 3.59. The number of aromatic carboxylic acids is 1. The first-order valence-corrected chi connectivity index (χ1v) is 13.3. The van der Waals surface area contributed by atoms with E-state index in [1.54, 1.807) is 56.3 Å². The number of hydrogen-bond donors (Lipinski definition) is 1. The summed E-state index contributed by atoms with van der Waals surface area (Å²) in [5.74, 6) is -0.935. The van der Waals surface area contributed by atoms with Crippen LogP contribution in [0.3, 0.4) is 0 Å². The largest absolute Gasteiger partial charge is 0.478 e. The number of carboxylic acids is 1. The zero-order valence-electron chi connectivity index (χ0n) is 20.6. The predicted octanol–water partition coefficient (Wildman–Crippen LogP) is 5.06. The number of rotatable bonds is 6. The Morgan fingerprint density at radius 2 is 1.90 bits per heavy atom. The van der Waals surface area contributed by atoms with E-state index in [4.69, 9.17) is 32.4 Å². The van der Waals surface area contributed by atoms with Crippen molar-refractivity contribution in [3.63, 3.8) is 0 Å². The average Bonchev–Trinajstić information content (AvgIpc) is 3.48. The van der Waals surface area contributed by atoms with E-state index in [-0.39, 0.29) is 23.3 Å². The molecule has 1 aliphatic rings. The van der Waals surface area contributed by atoms with Gasteiger partial charge in [0.2, 0.25) is 0 Å². The van der Waals surface area contributed by atoms with Crippen LogP contribution in [0.15, 0.2) is 80.1 Å². The first kappa shape index (κ1) is 26.7. The number of ether oxygens (including phenoxy) is 1. The Morgan fingerprint density at radius 3 is 2.59 bits per heavy atom. The molecule has 0 fully saturated rings. The van der Waals surface area contributed by atoms with E-state index in [1.807, 2.05) is 0 Å². The molecule has 5 rings (SSSR count).